The second-order valence-corrected chi connectivity index (χ2v) is 4.69. The Morgan fingerprint density at radius 3 is 2.87 bits per heavy atom. The summed E-state index contributed by atoms with van der Waals surface area (Å²) in [7, 11) is 0. The molecule has 1 aromatic carbocycles. The Kier molecular flexibility index (Phi) is 3.43. The van der Waals surface area contributed by atoms with Gasteiger partial charge in [-0.05, 0) is 34.1 Å². The van der Waals surface area contributed by atoms with Crippen LogP contribution in [0.1, 0.15) is 5.69 Å². The summed E-state index contributed by atoms with van der Waals surface area (Å²) in [4.78, 5) is 0. The van der Waals surface area contributed by atoms with Crippen LogP contribution in [0, 0.1) is 0 Å². The average molecular weight is 351 g/mol. The predicted octanol–water partition coefficient (Wildman–Crippen LogP) is 3.58. The highest BCUT2D eigenvalue weighted by Crippen LogP contribution is 2.25. The van der Waals surface area contributed by atoms with E-state index >= 15 is 0 Å². The standard InChI is InChI=1S/C9H6Br2ClN3/c10-4-7-5-13-14-15(7)6-1-2-9(12)8(11)3-6/h1-3,5H,4H2. The van der Waals surface area contributed by atoms with E-state index in [9.17, 15) is 0 Å². The number of aromatic nitrogens is 3. The maximum Gasteiger partial charge on any atom is 0.0751 e. The first-order valence-corrected chi connectivity index (χ1v) is 6.42. The third kappa shape index (κ3) is 2.24. The number of hydrogen-bond acceptors (Lipinski definition) is 2. The van der Waals surface area contributed by atoms with Gasteiger partial charge < -0.3 is 0 Å². The molecule has 0 unspecified atom stereocenters. The Hall–Kier alpha value is -0.390. The van der Waals surface area contributed by atoms with Crippen LogP contribution in [0.15, 0.2) is 28.9 Å². The van der Waals surface area contributed by atoms with E-state index in [1.54, 1.807) is 10.9 Å². The summed E-state index contributed by atoms with van der Waals surface area (Å²) in [5.41, 5.74) is 1.92. The minimum atomic E-state index is 0.680. The number of nitrogens with zero attached hydrogens (tertiary/aromatic N) is 3. The lowest BCUT2D eigenvalue weighted by molar-refractivity contribution is 0.783. The molecule has 0 aliphatic rings. The van der Waals surface area contributed by atoms with E-state index in [0.29, 0.717) is 10.4 Å². The van der Waals surface area contributed by atoms with Crippen LogP contribution in [0.5, 0.6) is 0 Å². The molecule has 2 aromatic rings. The minimum Gasteiger partial charge on any atom is -0.217 e. The largest absolute Gasteiger partial charge is 0.217 e. The molecular formula is C9H6Br2ClN3. The molecule has 78 valence electrons. The van der Waals surface area contributed by atoms with Crippen molar-refractivity contribution >= 4 is 43.5 Å². The van der Waals surface area contributed by atoms with Gasteiger partial charge in [-0.1, -0.05) is 32.7 Å². The smallest absolute Gasteiger partial charge is 0.0751 e. The zero-order valence-electron chi connectivity index (χ0n) is 7.49. The second-order valence-electron chi connectivity index (χ2n) is 2.87. The van der Waals surface area contributed by atoms with Crippen molar-refractivity contribution in [1.29, 1.82) is 0 Å². The molecular weight excluding hydrogens is 345 g/mol. The Bertz CT molecular complexity index is 484. The summed E-state index contributed by atoms with van der Waals surface area (Å²) in [6.07, 6.45) is 1.72. The zero-order chi connectivity index (χ0) is 10.8. The van der Waals surface area contributed by atoms with Crippen molar-refractivity contribution in [3.63, 3.8) is 0 Å². The fourth-order valence-corrected chi connectivity index (χ4v) is 2.05. The summed E-state index contributed by atoms with van der Waals surface area (Å²) >= 11 is 12.7. The molecule has 6 heteroatoms. The summed E-state index contributed by atoms with van der Waals surface area (Å²) in [5, 5.41) is 9.25. The molecule has 0 radical (unpaired) electrons. The van der Waals surface area contributed by atoms with Gasteiger partial charge in [0, 0.05) is 9.80 Å². The average Bonchev–Trinajstić information content (AvgIpc) is 2.70. The number of rotatable bonds is 2. The minimum absolute atomic E-state index is 0.680. The molecule has 0 spiro atoms. The van der Waals surface area contributed by atoms with E-state index in [1.807, 2.05) is 18.2 Å². The molecule has 1 heterocycles. The molecule has 15 heavy (non-hydrogen) atoms. The van der Waals surface area contributed by atoms with E-state index in [0.717, 1.165) is 15.9 Å². The van der Waals surface area contributed by atoms with Gasteiger partial charge in [-0.2, -0.15) is 0 Å². The van der Waals surface area contributed by atoms with Gasteiger partial charge in [0.2, 0.25) is 0 Å². The van der Waals surface area contributed by atoms with E-state index in [2.05, 4.69) is 42.2 Å². The molecule has 3 nitrogen and oxygen atoms in total. The molecule has 0 amide bonds. The van der Waals surface area contributed by atoms with Gasteiger partial charge in [0.1, 0.15) is 0 Å². The van der Waals surface area contributed by atoms with Crippen molar-refractivity contribution in [3.8, 4) is 5.69 Å². The first kappa shape index (κ1) is 11.1. The SMILES string of the molecule is Clc1ccc(-n2nncc2CBr)cc1Br. The number of hydrogen-bond donors (Lipinski definition) is 0. The summed E-state index contributed by atoms with van der Waals surface area (Å²) in [5.74, 6) is 0. The van der Waals surface area contributed by atoms with E-state index in [-0.39, 0.29) is 0 Å². The fourth-order valence-electron chi connectivity index (χ4n) is 1.18. The van der Waals surface area contributed by atoms with E-state index in [1.165, 1.54) is 0 Å². The second kappa shape index (κ2) is 4.63. The quantitative estimate of drug-likeness (QED) is 0.775. The molecule has 0 saturated carbocycles. The normalized spacial score (nSPS) is 10.6. The molecule has 0 aliphatic heterocycles. The van der Waals surface area contributed by atoms with Crippen LogP contribution >= 0.6 is 43.5 Å². The van der Waals surface area contributed by atoms with Gasteiger partial charge >= 0.3 is 0 Å². The molecule has 0 fully saturated rings. The van der Waals surface area contributed by atoms with Gasteiger partial charge in [0.05, 0.1) is 22.6 Å². The van der Waals surface area contributed by atoms with Gasteiger partial charge in [-0.3, -0.25) is 0 Å². The van der Waals surface area contributed by atoms with Crippen molar-refractivity contribution in [2.75, 3.05) is 0 Å². The van der Waals surface area contributed by atoms with Crippen molar-refractivity contribution in [3.05, 3.63) is 39.6 Å². The predicted molar refractivity (Wildman–Crippen MR) is 66.7 cm³/mol. The van der Waals surface area contributed by atoms with Crippen molar-refractivity contribution in [2.45, 2.75) is 5.33 Å². The van der Waals surface area contributed by atoms with Gasteiger partial charge in [0.25, 0.3) is 0 Å². The highest BCUT2D eigenvalue weighted by atomic mass is 79.9. The first-order chi connectivity index (χ1) is 7.22. The Balaban J connectivity index is 2.50. The topological polar surface area (TPSA) is 30.7 Å². The number of alkyl halides is 1. The summed E-state index contributed by atoms with van der Waals surface area (Å²) in [6, 6.07) is 5.62. The van der Waals surface area contributed by atoms with Crippen molar-refractivity contribution in [1.82, 2.24) is 15.0 Å². The molecule has 0 bridgehead atoms. The fraction of sp³-hybridized carbons (Fsp3) is 0.111. The van der Waals surface area contributed by atoms with Crippen molar-refractivity contribution in [2.24, 2.45) is 0 Å². The molecule has 1 aromatic heterocycles. The Morgan fingerprint density at radius 2 is 2.20 bits per heavy atom. The number of halogens is 3. The van der Waals surface area contributed by atoms with Gasteiger partial charge in [0.15, 0.2) is 0 Å². The third-order valence-electron chi connectivity index (χ3n) is 1.90. The zero-order valence-corrected chi connectivity index (χ0v) is 11.4. The van der Waals surface area contributed by atoms with Crippen LogP contribution in [0.2, 0.25) is 5.02 Å². The number of benzene rings is 1. The summed E-state index contributed by atoms with van der Waals surface area (Å²) < 4.78 is 2.60. The maximum absolute atomic E-state index is 5.91. The highest BCUT2D eigenvalue weighted by Gasteiger charge is 2.06. The Labute approximate surface area is 109 Å². The lowest BCUT2D eigenvalue weighted by Crippen LogP contribution is -2.00. The third-order valence-corrected chi connectivity index (χ3v) is 3.69. The molecule has 2 rings (SSSR count). The van der Waals surface area contributed by atoms with Crippen LogP contribution in [0.4, 0.5) is 0 Å². The summed E-state index contributed by atoms with van der Waals surface area (Å²) in [6.45, 7) is 0. The lowest BCUT2D eigenvalue weighted by Gasteiger charge is -2.05. The van der Waals surface area contributed by atoms with Crippen LogP contribution < -0.4 is 0 Å². The monoisotopic (exact) mass is 349 g/mol. The molecule has 0 saturated heterocycles. The van der Waals surface area contributed by atoms with E-state index < -0.39 is 0 Å². The molecule has 0 aliphatic carbocycles. The molecule has 0 atom stereocenters. The van der Waals surface area contributed by atoms with Gasteiger partial charge in [-0.15, -0.1) is 5.10 Å². The van der Waals surface area contributed by atoms with Crippen molar-refractivity contribution < 1.29 is 0 Å². The first-order valence-electron chi connectivity index (χ1n) is 4.13. The van der Waals surface area contributed by atoms with Crippen LogP contribution in [0.3, 0.4) is 0 Å². The Morgan fingerprint density at radius 1 is 1.40 bits per heavy atom. The van der Waals surface area contributed by atoms with E-state index in [4.69, 9.17) is 11.6 Å². The van der Waals surface area contributed by atoms with Crippen LogP contribution in [-0.4, -0.2) is 15.0 Å². The highest BCUT2D eigenvalue weighted by molar-refractivity contribution is 9.10. The molecule has 0 N–H and O–H groups in total. The van der Waals surface area contributed by atoms with Crippen LogP contribution in [0.25, 0.3) is 5.69 Å². The lowest BCUT2D eigenvalue weighted by atomic mass is 10.3. The van der Waals surface area contributed by atoms with Crippen LogP contribution in [-0.2, 0) is 5.33 Å². The van der Waals surface area contributed by atoms with Gasteiger partial charge in [-0.25, -0.2) is 4.68 Å². The maximum atomic E-state index is 5.91.